The van der Waals surface area contributed by atoms with Crippen molar-refractivity contribution in [3.8, 4) is 0 Å². The number of amides is 5. The molecule has 184 valence electrons. The summed E-state index contributed by atoms with van der Waals surface area (Å²) in [5.41, 5.74) is 2.94. The van der Waals surface area contributed by atoms with Gasteiger partial charge >= 0.3 is 6.03 Å². The first-order chi connectivity index (χ1) is 16.8. The van der Waals surface area contributed by atoms with Crippen molar-refractivity contribution in [3.05, 3.63) is 53.6 Å². The summed E-state index contributed by atoms with van der Waals surface area (Å²) in [5.74, 6) is -1.30. The third-order valence-electron chi connectivity index (χ3n) is 5.86. The third kappa shape index (κ3) is 6.20. The van der Waals surface area contributed by atoms with E-state index >= 15 is 0 Å². The van der Waals surface area contributed by atoms with Gasteiger partial charge in [0, 0.05) is 28.6 Å². The molecule has 4 rings (SSSR count). The van der Waals surface area contributed by atoms with Crippen molar-refractivity contribution < 1.29 is 23.9 Å². The van der Waals surface area contributed by atoms with E-state index in [9.17, 15) is 19.2 Å². The number of morpholine rings is 1. The molecule has 0 radical (unpaired) electrons. The van der Waals surface area contributed by atoms with Gasteiger partial charge in [-0.1, -0.05) is 23.9 Å². The fourth-order valence-electron chi connectivity index (χ4n) is 3.88. The number of benzene rings is 2. The van der Waals surface area contributed by atoms with E-state index in [0.717, 1.165) is 9.80 Å². The van der Waals surface area contributed by atoms with E-state index in [4.69, 9.17) is 4.74 Å². The Kier molecular flexibility index (Phi) is 7.72. The summed E-state index contributed by atoms with van der Waals surface area (Å²) >= 11 is 1.64. The quantitative estimate of drug-likeness (QED) is 0.571. The van der Waals surface area contributed by atoms with E-state index in [1.54, 1.807) is 28.8 Å². The number of imide groups is 1. The summed E-state index contributed by atoms with van der Waals surface area (Å²) in [4.78, 5) is 54.5. The summed E-state index contributed by atoms with van der Waals surface area (Å²) in [6.07, 6.45) is -0.137. The summed E-state index contributed by atoms with van der Waals surface area (Å²) < 4.78 is 5.23. The highest BCUT2D eigenvalue weighted by Gasteiger charge is 2.40. The van der Waals surface area contributed by atoms with Crippen LogP contribution in [0.5, 0.6) is 0 Å². The minimum Gasteiger partial charge on any atom is -0.378 e. The Bertz CT molecular complexity index is 1130. The van der Waals surface area contributed by atoms with Crippen molar-refractivity contribution in [2.45, 2.75) is 36.1 Å². The summed E-state index contributed by atoms with van der Waals surface area (Å²) in [6, 6.07) is 12.0. The van der Waals surface area contributed by atoms with Gasteiger partial charge in [0.25, 0.3) is 5.91 Å². The highest BCUT2D eigenvalue weighted by Crippen LogP contribution is 2.31. The van der Waals surface area contributed by atoms with Gasteiger partial charge < -0.3 is 20.3 Å². The van der Waals surface area contributed by atoms with Crippen LogP contribution in [0.4, 0.5) is 10.5 Å². The van der Waals surface area contributed by atoms with Crippen molar-refractivity contribution in [2.24, 2.45) is 0 Å². The Labute approximate surface area is 208 Å². The SMILES string of the molecule is Cc1ccc(C)c(Sc2ccc(NC(=O)CN3C(=O)N[C@@H](CC(=O)N4CCOCC4)C3=O)cc2)c1. The number of nitrogens with zero attached hydrogens (tertiary/aromatic N) is 2. The molecule has 0 saturated carbocycles. The lowest BCUT2D eigenvalue weighted by molar-refractivity contribution is -0.138. The molecule has 10 heteroatoms. The van der Waals surface area contributed by atoms with Gasteiger partial charge in [0.05, 0.1) is 19.6 Å². The molecule has 0 aliphatic carbocycles. The minimum absolute atomic E-state index is 0.137. The molecule has 35 heavy (non-hydrogen) atoms. The van der Waals surface area contributed by atoms with Crippen LogP contribution in [0, 0.1) is 13.8 Å². The molecule has 2 N–H and O–H groups in total. The highest BCUT2D eigenvalue weighted by molar-refractivity contribution is 7.99. The monoisotopic (exact) mass is 496 g/mol. The molecule has 0 unspecified atom stereocenters. The number of nitrogens with one attached hydrogen (secondary N) is 2. The van der Waals surface area contributed by atoms with Gasteiger partial charge in [-0.15, -0.1) is 0 Å². The van der Waals surface area contributed by atoms with Crippen LogP contribution < -0.4 is 10.6 Å². The van der Waals surface area contributed by atoms with Gasteiger partial charge in [0.15, 0.2) is 0 Å². The average molecular weight is 497 g/mol. The average Bonchev–Trinajstić information content (AvgIpc) is 3.10. The van der Waals surface area contributed by atoms with E-state index in [0.29, 0.717) is 32.0 Å². The Morgan fingerprint density at radius 1 is 1.09 bits per heavy atom. The molecule has 9 nitrogen and oxygen atoms in total. The van der Waals surface area contributed by atoms with Gasteiger partial charge in [-0.05, 0) is 55.3 Å². The van der Waals surface area contributed by atoms with E-state index in [1.165, 1.54) is 16.0 Å². The maximum absolute atomic E-state index is 12.7. The predicted octanol–water partition coefficient (Wildman–Crippen LogP) is 2.56. The fraction of sp³-hybridized carbons (Fsp3) is 0.360. The van der Waals surface area contributed by atoms with Crippen LogP contribution in [0.25, 0.3) is 0 Å². The molecular formula is C25H28N4O5S. The normalized spacial score (nSPS) is 17.9. The van der Waals surface area contributed by atoms with E-state index in [1.807, 2.05) is 12.1 Å². The number of aryl methyl sites for hydroxylation is 2. The van der Waals surface area contributed by atoms with Crippen molar-refractivity contribution in [1.29, 1.82) is 0 Å². The molecule has 0 spiro atoms. The van der Waals surface area contributed by atoms with E-state index in [-0.39, 0.29) is 12.3 Å². The van der Waals surface area contributed by atoms with Gasteiger partial charge in [-0.25, -0.2) is 4.79 Å². The Morgan fingerprint density at radius 2 is 1.80 bits per heavy atom. The number of hydrogen-bond acceptors (Lipinski definition) is 6. The Balaban J connectivity index is 1.30. The molecular weight excluding hydrogens is 468 g/mol. The third-order valence-corrected chi connectivity index (χ3v) is 7.03. The number of carbonyl (C=O) groups is 4. The number of carbonyl (C=O) groups excluding carboxylic acids is 4. The topological polar surface area (TPSA) is 108 Å². The highest BCUT2D eigenvalue weighted by atomic mass is 32.2. The maximum atomic E-state index is 12.7. The second-order valence-electron chi connectivity index (χ2n) is 8.57. The zero-order chi connectivity index (χ0) is 24.9. The largest absolute Gasteiger partial charge is 0.378 e. The summed E-state index contributed by atoms with van der Waals surface area (Å²) in [5, 5.41) is 5.23. The number of hydrogen-bond donors (Lipinski definition) is 2. The lowest BCUT2D eigenvalue weighted by atomic mass is 10.2. The van der Waals surface area contributed by atoms with Crippen LogP contribution in [-0.4, -0.2) is 72.4 Å². The fourth-order valence-corrected chi connectivity index (χ4v) is 4.88. The Hall–Kier alpha value is -3.37. The van der Waals surface area contributed by atoms with E-state index < -0.39 is 30.4 Å². The summed E-state index contributed by atoms with van der Waals surface area (Å²) in [6.45, 7) is 5.52. The smallest absolute Gasteiger partial charge is 0.325 e. The van der Waals surface area contributed by atoms with Crippen LogP contribution in [-0.2, 0) is 19.1 Å². The standard InChI is InChI=1S/C25H28N4O5S/c1-16-3-4-17(2)21(13-16)35-19-7-5-18(6-8-19)26-22(30)15-29-24(32)20(27-25(29)33)14-23(31)28-9-11-34-12-10-28/h3-8,13,20H,9-12,14-15H2,1-2H3,(H,26,30)(H,27,33)/t20-/m0/s1. The first kappa shape index (κ1) is 24.7. The molecule has 2 aliphatic heterocycles. The molecule has 2 aliphatic rings. The van der Waals surface area contributed by atoms with Crippen LogP contribution in [0.15, 0.2) is 52.3 Å². The van der Waals surface area contributed by atoms with Crippen LogP contribution >= 0.6 is 11.8 Å². The lowest BCUT2D eigenvalue weighted by Crippen LogP contribution is -2.44. The van der Waals surface area contributed by atoms with Crippen molar-refractivity contribution >= 4 is 41.2 Å². The van der Waals surface area contributed by atoms with Crippen molar-refractivity contribution in [1.82, 2.24) is 15.1 Å². The van der Waals surface area contributed by atoms with Crippen LogP contribution in [0.3, 0.4) is 0 Å². The van der Waals surface area contributed by atoms with Crippen molar-refractivity contribution in [3.63, 3.8) is 0 Å². The number of urea groups is 1. The van der Waals surface area contributed by atoms with Gasteiger partial charge in [0.2, 0.25) is 11.8 Å². The second kappa shape index (κ2) is 10.9. The second-order valence-corrected chi connectivity index (χ2v) is 9.68. The van der Waals surface area contributed by atoms with Gasteiger partial charge in [0.1, 0.15) is 12.6 Å². The number of ether oxygens (including phenoxy) is 1. The van der Waals surface area contributed by atoms with Crippen LogP contribution in [0.2, 0.25) is 0 Å². The molecule has 0 aromatic heterocycles. The Morgan fingerprint density at radius 3 is 2.51 bits per heavy atom. The molecule has 2 aromatic rings. The zero-order valence-electron chi connectivity index (χ0n) is 19.7. The molecule has 1 atom stereocenters. The van der Waals surface area contributed by atoms with Gasteiger partial charge in [-0.3, -0.25) is 19.3 Å². The lowest BCUT2D eigenvalue weighted by Gasteiger charge is -2.27. The summed E-state index contributed by atoms with van der Waals surface area (Å²) in [7, 11) is 0. The first-order valence-corrected chi connectivity index (χ1v) is 12.2. The first-order valence-electron chi connectivity index (χ1n) is 11.4. The van der Waals surface area contributed by atoms with Gasteiger partial charge in [-0.2, -0.15) is 0 Å². The minimum atomic E-state index is -0.966. The molecule has 2 fully saturated rings. The molecule has 2 heterocycles. The van der Waals surface area contributed by atoms with Crippen molar-refractivity contribution in [2.75, 3.05) is 38.2 Å². The zero-order valence-corrected chi connectivity index (χ0v) is 20.5. The van der Waals surface area contributed by atoms with Crippen LogP contribution in [0.1, 0.15) is 17.5 Å². The predicted molar refractivity (Wildman–Crippen MR) is 131 cm³/mol. The molecule has 2 saturated heterocycles. The number of rotatable bonds is 7. The number of anilines is 1. The molecule has 2 aromatic carbocycles. The maximum Gasteiger partial charge on any atom is 0.325 e. The molecule has 5 amide bonds. The van der Waals surface area contributed by atoms with E-state index in [2.05, 4.69) is 42.7 Å². The molecule has 0 bridgehead atoms.